The van der Waals surface area contributed by atoms with Crippen molar-refractivity contribution in [2.75, 3.05) is 27.2 Å². The van der Waals surface area contributed by atoms with Crippen molar-refractivity contribution in [3.8, 4) is 0 Å². The molecule has 1 rings (SSSR count). The topological polar surface area (TPSA) is 32.8 Å². The predicted octanol–water partition coefficient (Wildman–Crippen LogP) is 4.40. The zero-order valence-electron chi connectivity index (χ0n) is 13.8. The smallest absolute Gasteiger partial charge is 0.410 e. The summed E-state index contributed by atoms with van der Waals surface area (Å²) in [7, 11) is 3.77. The zero-order chi connectivity index (χ0) is 16.9. The molecule has 0 spiro atoms. The monoisotopic (exact) mass is 390 g/mol. The molecule has 0 atom stereocenters. The van der Waals surface area contributed by atoms with Gasteiger partial charge in [0.2, 0.25) is 0 Å². The van der Waals surface area contributed by atoms with Crippen LogP contribution in [-0.4, -0.2) is 48.7 Å². The van der Waals surface area contributed by atoms with E-state index < -0.39 is 5.60 Å². The summed E-state index contributed by atoms with van der Waals surface area (Å²) in [6.45, 7) is 7.75. The Morgan fingerprint density at radius 1 is 1.27 bits per heavy atom. The van der Waals surface area contributed by atoms with Crippen molar-refractivity contribution in [2.45, 2.75) is 32.9 Å². The molecule has 124 valence electrons. The highest BCUT2D eigenvalue weighted by Crippen LogP contribution is 2.23. The molecule has 1 aromatic carbocycles. The van der Waals surface area contributed by atoms with E-state index in [0.717, 1.165) is 17.6 Å². The predicted molar refractivity (Wildman–Crippen MR) is 94.4 cm³/mol. The Bertz CT molecular complexity index is 517. The third-order valence-electron chi connectivity index (χ3n) is 2.96. The Kier molecular flexibility index (Phi) is 7.16. The first kappa shape index (κ1) is 19.3. The SMILES string of the molecule is CN(CCN(C)C(=O)OC(C)(C)C)Cc1ccc(Cl)c(Br)c1. The summed E-state index contributed by atoms with van der Waals surface area (Å²) < 4.78 is 6.22. The molecule has 0 aromatic heterocycles. The lowest BCUT2D eigenvalue weighted by Crippen LogP contribution is -2.38. The molecule has 0 radical (unpaired) electrons. The summed E-state index contributed by atoms with van der Waals surface area (Å²) in [6.07, 6.45) is -0.296. The maximum atomic E-state index is 11.9. The highest BCUT2D eigenvalue weighted by molar-refractivity contribution is 9.10. The maximum absolute atomic E-state index is 11.9. The number of likely N-dealkylation sites (N-methyl/N-ethyl adjacent to an activating group) is 2. The largest absolute Gasteiger partial charge is 0.444 e. The van der Waals surface area contributed by atoms with Crippen LogP contribution in [0.1, 0.15) is 26.3 Å². The van der Waals surface area contributed by atoms with Gasteiger partial charge in [-0.1, -0.05) is 17.7 Å². The van der Waals surface area contributed by atoms with Crippen LogP contribution in [-0.2, 0) is 11.3 Å². The number of carbonyl (C=O) groups is 1. The van der Waals surface area contributed by atoms with Crippen molar-refractivity contribution in [3.05, 3.63) is 33.3 Å². The van der Waals surface area contributed by atoms with Gasteiger partial charge in [-0.05, 0) is 61.4 Å². The molecule has 0 saturated carbocycles. The molecule has 0 saturated heterocycles. The van der Waals surface area contributed by atoms with Crippen molar-refractivity contribution in [2.24, 2.45) is 0 Å². The van der Waals surface area contributed by atoms with E-state index >= 15 is 0 Å². The van der Waals surface area contributed by atoms with Crippen LogP contribution in [0.4, 0.5) is 4.79 Å². The Hall–Kier alpha value is -0.780. The van der Waals surface area contributed by atoms with Crippen molar-refractivity contribution in [1.82, 2.24) is 9.80 Å². The van der Waals surface area contributed by atoms with E-state index in [1.807, 2.05) is 46.0 Å². The zero-order valence-corrected chi connectivity index (χ0v) is 16.2. The van der Waals surface area contributed by atoms with E-state index in [9.17, 15) is 4.79 Å². The van der Waals surface area contributed by atoms with Gasteiger partial charge in [-0.15, -0.1) is 0 Å². The van der Waals surface area contributed by atoms with Crippen LogP contribution >= 0.6 is 27.5 Å². The fourth-order valence-corrected chi connectivity index (χ4v) is 2.32. The quantitative estimate of drug-likeness (QED) is 0.745. The van der Waals surface area contributed by atoms with E-state index in [1.165, 1.54) is 5.56 Å². The third kappa shape index (κ3) is 6.99. The van der Waals surface area contributed by atoms with Gasteiger partial charge in [0.15, 0.2) is 0 Å². The van der Waals surface area contributed by atoms with Gasteiger partial charge in [0.1, 0.15) is 5.60 Å². The summed E-state index contributed by atoms with van der Waals surface area (Å²) in [5.74, 6) is 0. The Balaban J connectivity index is 2.43. The van der Waals surface area contributed by atoms with Crippen LogP contribution in [0.3, 0.4) is 0 Å². The first-order valence-electron chi connectivity index (χ1n) is 7.15. The number of halogens is 2. The van der Waals surface area contributed by atoms with Gasteiger partial charge in [0, 0.05) is 31.2 Å². The van der Waals surface area contributed by atoms with Crippen molar-refractivity contribution in [1.29, 1.82) is 0 Å². The minimum atomic E-state index is -0.465. The molecule has 0 aliphatic rings. The molecule has 0 heterocycles. The van der Waals surface area contributed by atoms with Gasteiger partial charge in [0.05, 0.1) is 5.02 Å². The lowest BCUT2D eigenvalue weighted by atomic mass is 10.2. The van der Waals surface area contributed by atoms with Crippen LogP contribution < -0.4 is 0 Å². The fourth-order valence-electron chi connectivity index (χ4n) is 1.78. The molecule has 22 heavy (non-hydrogen) atoms. The Labute approximate surface area is 146 Å². The Morgan fingerprint density at radius 2 is 1.91 bits per heavy atom. The van der Waals surface area contributed by atoms with E-state index in [1.54, 1.807) is 11.9 Å². The molecule has 0 aliphatic heterocycles. The van der Waals surface area contributed by atoms with Crippen LogP contribution in [0.15, 0.2) is 22.7 Å². The number of rotatable bonds is 5. The highest BCUT2D eigenvalue weighted by Gasteiger charge is 2.19. The lowest BCUT2D eigenvalue weighted by molar-refractivity contribution is 0.0286. The standard InChI is InChI=1S/C16H24BrClN2O2/c1-16(2,3)22-15(21)20(5)9-8-19(4)11-12-6-7-14(18)13(17)10-12/h6-7,10H,8-9,11H2,1-5H3. The van der Waals surface area contributed by atoms with Gasteiger partial charge >= 0.3 is 6.09 Å². The second-order valence-corrected chi connectivity index (χ2v) is 7.65. The maximum Gasteiger partial charge on any atom is 0.410 e. The molecular formula is C16H24BrClN2O2. The van der Waals surface area contributed by atoms with Gasteiger partial charge in [-0.25, -0.2) is 4.79 Å². The van der Waals surface area contributed by atoms with Crippen LogP contribution in [0.5, 0.6) is 0 Å². The number of hydrogen-bond acceptors (Lipinski definition) is 3. The van der Waals surface area contributed by atoms with Gasteiger partial charge in [-0.3, -0.25) is 0 Å². The summed E-state index contributed by atoms with van der Waals surface area (Å²) in [6, 6.07) is 5.89. The summed E-state index contributed by atoms with van der Waals surface area (Å²) in [4.78, 5) is 15.6. The number of ether oxygens (including phenoxy) is 1. The van der Waals surface area contributed by atoms with E-state index in [4.69, 9.17) is 16.3 Å². The summed E-state index contributed by atoms with van der Waals surface area (Å²) >= 11 is 9.41. The number of amides is 1. The van der Waals surface area contributed by atoms with Crippen molar-refractivity contribution in [3.63, 3.8) is 0 Å². The minimum absolute atomic E-state index is 0.296. The Morgan fingerprint density at radius 3 is 2.45 bits per heavy atom. The second-order valence-electron chi connectivity index (χ2n) is 6.39. The molecule has 0 bridgehead atoms. The molecule has 0 N–H and O–H groups in total. The molecule has 4 nitrogen and oxygen atoms in total. The van der Waals surface area contributed by atoms with Gasteiger partial charge in [-0.2, -0.15) is 0 Å². The average Bonchev–Trinajstić information content (AvgIpc) is 2.38. The average molecular weight is 392 g/mol. The molecule has 0 fully saturated rings. The summed E-state index contributed by atoms with van der Waals surface area (Å²) in [5, 5.41) is 0.705. The molecule has 1 amide bonds. The lowest BCUT2D eigenvalue weighted by Gasteiger charge is -2.26. The van der Waals surface area contributed by atoms with E-state index in [2.05, 4.69) is 20.8 Å². The van der Waals surface area contributed by atoms with Crippen LogP contribution in [0.2, 0.25) is 5.02 Å². The number of nitrogens with zero attached hydrogens (tertiary/aromatic N) is 2. The molecule has 6 heteroatoms. The highest BCUT2D eigenvalue weighted by atomic mass is 79.9. The molecular weight excluding hydrogens is 368 g/mol. The summed E-state index contributed by atoms with van der Waals surface area (Å²) in [5.41, 5.74) is 0.700. The third-order valence-corrected chi connectivity index (χ3v) is 4.17. The van der Waals surface area contributed by atoms with Gasteiger partial charge < -0.3 is 14.5 Å². The van der Waals surface area contributed by atoms with Crippen molar-refractivity contribution >= 4 is 33.6 Å². The molecule has 0 aliphatic carbocycles. The number of carbonyl (C=O) groups excluding carboxylic acids is 1. The first-order valence-corrected chi connectivity index (χ1v) is 8.32. The molecule has 1 aromatic rings. The van der Waals surface area contributed by atoms with Crippen molar-refractivity contribution < 1.29 is 9.53 Å². The normalized spacial score (nSPS) is 11.6. The van der Waals surface area contributed by atoms with Crippen LogP contribution in [0.25, 0.3) is 0 Å². The number of hydrogen-bond donors (Lipinski definition) is 0. The molecule has 0 unspecified atom stereocenters. The van der Waals surface area contributed by atoms with Gasteiger partial charge in [0.25, 0.3) is 0 Å². The fraction of sp³-hybridized carbons (Fsp3) is 0.562. The minimum Gasteiger partial charge on any atom is -0.444 e. The van der Waals surface area contributed by atoms with E-state index in [0.29, 0.717) is 11.6 Å². The first-order chi connectivity index (χ1) is 10.1. The van der Waals surface area contributed by atoms with E-state index in [-0.39, 0.29) is 6.09 Å². The number of benzene rings is 1. The van der Waals surface area contributed by atoms with Crippen LogP contribution in [0, 0.1) is 0 Å². The second kappa shape index (κ2) is 8.18.